The Bertz CT molecular complexity index is 813. The molecule has 2 heterocycles. The molecule has 23 heavy (non-hydrogen) atoms. The zero-order chi connectivity index (χ0) is 15.8. The number of hydrogen-bond acceptors (Lipinski definition) is 3. The van der Waals surface area contributed by atoms with Crippen LogP contribution >= 0.6 is 0 Å². The summed E-state index contributed by atoms with van der Waals surface area (Å²) >= 11 is 0. The molecule has 3 aromatic rings. The summed E-state index contributed by atoms with van der Waals surface area (Å²) in [6.45, 7) is 10.1. The molecule has 1 aliphatic rings. The van der Waals surface area contributed by atoms with Gasteiger partial charge >= 0.3 is 0 Å². The van der Waals surface area contributed by atoms with Gasteiger partial charge in [-0.3, -0.25) is 9.80 Å². The van der Waals surface area contributed by atoms with Gasteiger partial charge < -0.3 is 4.42 Å². The Balaban J connectivity index is 1.60. The van der Waals surface area contributed by atoms with Crippen LogP contribution in [0.25, 0.3) is 21.9 Å². The van der Waals surface area contributed by atoms with Gasteiger partial charge in [-0.15, -0.1) is 0 Å². The number of piperazine rings is 1. The van der Waals surface area contributed by atoms with Gasteiger partial charge in [0.25, 0.3) is 0 Å². The van der Waals surface area contributed by atoms with Crippen molar-refractivity contribution >= 4 is 21.9 Å². The maximum absolute atomic E-state index is 6.15. The lowest BCUT2D eigenvalue weighted by atomic mass is 10.1. The smallest absolute Gasteiger partial charge is 0.139 e. The van der Waals surface area contributed by atoms with Crippen LogP contribution in [0.5, 0.6) is 0 Å². The third-order valence-electron chi connectivity index (χ3n) is 5.02. The number of rotatable bonds is 3. The average molecular weight is 308 g/mol. The number of fused-ring (bicyclic) bond motifs is 3. The van der Waals surface area contributed by atoms with Crippen molar-refractivity contribution in [1.29, 1.82) is 0 Å². The molecule has 0 atom stereocenters. The molecule has 120 valence electrons. The van der Waals surface area contributed by atoms with E-state index in [4.69, 9.17) is 4.42 Å². The summed E-state index contributed by atoms with van der Waals surface area (Å²) in [5.74, 6) is 0. The standard InChI is InChI=1S/C20H24N2O/c1-15(2)22-12-10-21(11-13-22)14-16-6-5-8-18-17-7-3-4-9-19(17)23-20(16)18/h3-9,15H,10-14H2,1-2H3. The third kappa shape index (κ3) is 2.75. The van der Waals surface area contributed by atoms with Crippen molar-refractivity contribution in [1.82, 2.24) is 9.80 Å². The Morgan fingerprint density at radius 2 is 1.65 bits per heavy atom. The Morgan fingerprint density at radius 1 is 0.913 bits per heavy atom. The quantitative estimate of drug-likeness (QED) is 0.726. The Morgan fingerprint density at radius 3 is 2.43 bits per heavy atom. The predicted octanol–water partition coefficient (Wildman–Crippen LogP) is 4.11. The van der Waals surface area contributed by atoms with Gasteiger partial charge in [0.15, 0.2) is 0 Å². The van der Waals surface area contributed by atoms with E-state index >= 15 is 0 Å². The van der Waals surface area contributed by atoms with Crippen molar-refractivity contribution in [2.45, 2.75) is 26.4 Å². The lowest BCUT2D eigenvalue weighted by Gasteiger charge is -2.36. The topological polar surface area (TPSA) is 19.6 Å². The summed E-state index contributed by atoms with van der Waals surface area (Å²) in [6, 6.07) is 15.5. The molecule has 0 unspecified atom stereocenters. The van der Waals surface area contributed by atoms with Gasteiger partial charge in [-0.05, 0) is 19.9 Å². The zero-order valence-electron chi connectivity index (χ0n) is 14.0. The van der Waals surface area contributed by atoms with E-state index in [1.165, 1.54) is 16.3 Å². The number of benzene rings is 2. The largest absolute Gasteiger partial charge is 0.456 e. The van der Waals surface area contributed by atoms with Crippen molar-refractivity contribution in [3.63, 3.8) is 0 Å². The van der Waals surface area contributed by atoms with E-state index in [1.54, 1.807) is 0 Å². The fourth-order valence-electron chi connectivity index (χ4n) is 3.61. The van der Waals surface area contributed by atoms with E-state index in [2.05, 4.69) is 60.0 Å². The second-order valence-corrected chi connectivity index (χ2v) is 6.80. The number of para-hydroxylation sites is 2. The number of furan rings is 1. The molecule has 1 fully saturated rings. The number of hydrogen-bond donors (Lipinski definition) is 0. The maximum Gasteiger partial charge on any atom is 0.139 e. The monoisotopic (exact) mass is 308 g/mol. The van der Waals surface area contributed by atoms with Gasteiger partial charge in [-0.1, -0.05) is 36.4 Å². The highest BCUT2D eigenvalue weighted by Gasteiger charge is 2.20. The van der Waals surface area contributed by atoms with Crippen LogP contribution in [0.15, 0.2) is 46.9 Å². The summed E-state index contributed by atoms with van der Waals surface area (Å²) in [6.07, 6.45) is 0. The molecule has 1 saturated heterocycles. The van der Waals surface area contributed by atoms with Crippen LogP contribution in [0.3, 0.4) is 0 Å². The molecule has 3 nitrogen and oxygen atoms in total. The molecule has 0 amide bonds. The Kier molecular flexibility index (Phi) is 3.83. The van der Waals surface area contributed by atoms with Crippen LogP contribution in [-0.2, 0) is 6.54 Å². The van der Waals surface area contributed by atoms with Gasteiger partial charge in [-0.25, -0.2) is 0 Å². The van der Waals surface area contributed by atoms with E-state index in [0.29, 0.717) is 6.04 Å². The average Bonchev–Trinajstić information content (AvgIpc) is 2.95. The molecular weight excluding hydrogens is 284 g/mol. The van der Waals surface area contributed by atoms with E-state index in [-0.39, 0.29) is 0 Å². The molecule has 0 bridgehead atoms. The molecule has 1 aromatic heterocycles. The van der Waals surface area contributed by atoms with Crippen LogP contribution in [-0.4, -0.2) is 42.0 Å². The van der Waals surface area contributed by atoms with Crippen molar-refractivity contribution in [3.05, 3.63) is 48.0 Å². The lowest BCUT2D eigenvalue weighted by molar-refractivity contribution is 0.104. The van der Waals surface area contributed by atoms with Gasteiger partial charge in [0.1, 0.15) is 11.2 Å². The van der Waals surface area contributed by atoms with Crippen LogP contribution in [0.1, 0.15) is 19.4 Å². The van der Waals surface area contributed by atoms with Crippen LogP contribution < -0.4 is 0 Å². The predicted molar refractivity (Wildman–Crippen MR) is 95.7 cm³/mol. The molecule has 4 rings (SSSR count). The van der Waals surface area contributed by atoms with Crippen molar-refractivity contribution in [2.24, 2.45) is 0 Å². The minimum absolute atomic E-state index is 0.649. The second-order valence-electron chi connectivity index (χ2n) is 6.80. The molecule has 0 spiro atoms. The van der Waals surface area contributed by atoms with Crippen LogP contribution in [0.2, 0.25) is 0 Å². The highest BCUT2D eigenvalue weighted by atomic mass is 16.3. The minimum atomic E-state index is 0.649. The van der Waals surface area contributed by atoms with Crippen LogP contribution in [0.4, 0.5) is 0 Å². The highest BCUT2D eigenvalue weighted by Crippen LogP contribution is 2.31. The lowest BCUT2D eigenvalue weighted by Crippen LogP contribution is -2.48. The molecule has 0 aliphatic carbocycles. The highest BCUT2D eigenvalue weighted by molar-refractivity contribution is 6.05. The SMILES string of the molecule is CC(C)N1CCN(Cc2cccc3c2oc2ccccc23)CC1. The Labute approximate surface area is 137 Å². The van der Waals surface area contributed by atoms with Crippen LogP contribution in [0, 0.1) is 0 Å². The molecule has 2 aromatic carbocycles. The first kappa shape index (κ1) is 14.7. The van der Waals surface area contributed by atoms with E-state index < -0.39 is 0 Å². The first-order valence-corrected chi connectivity index (χ1v) is 8.58. The summed E-state index contributed by atoms with van der Waals surface area (Å²) in [7, 11) is 0. The fourth-order valence-corrected chi connectivity index (χ4v) is 3.61. The molecule has 3 heteroatoms. The van der Waals surface area contributed by atoms with Crippen molar-refractivity contribution < 1.29 is 4.42 Å². The molecule has 0 radical (unpaired) electrons. The fraction of sp³-hybridized carbons (Fsp3) is 0.400. The van der Waals surface area contributed by atoms with E-state index in [1.807, 2.05) is 6.07 Å². The molecule has 0 saturated carbocycles. The first-order valence-electron chi connectivity index (χ1n) is 8.58. The molecular formula is C20H24N2O. The molecule has 1 aliphatic heterocycles. The number of nitrogens with zero attached hydrogens (tertiary/aromatic N) is 2. The van der Waals surface area contributed by atoms with Crippen molar-refractivity contribution in [3.8, 4) is 0 Å². The molecule has 0 N–H and O–H groups in total. The zero-order valence-corrected chi connectivity index (χ0v) is 14.0. The van der Waals surface area contributed by atoms with E-state index in [9.17, 15) is 0 Å². The van der Waals surface area contributed by atoms with Gasteiger partial charge in [0.05, 0.1) is 0 Å². The minimum Gasteiger partial charge on any atom is -0.456 e. The third-order valence-corrected chi connectivity index (χ3v) is 5.02. The maximum atomic E-state index is 6.15. The summed E-state index contributed by atoms with van der Waals surface area (Å²) in [5, 5.41) is 2.45. The van der Waals surface area contributed by atoms with Gasteiger partial charge in [-0.2, -0.15) is 0 Å². The summed E-state index contributed by atoms with van der Waals surface area (Å²) in [5.41, 5.74) is 3.34. The van der Waals surface area contributed by atoms with Crippen molar-refractivity contribution in [2.75, 3.05) is 26.2 Å². The van der Waals surface area contributed by atoms with Gasteiger partial charge in [0, 0.05) is 55.1 Å². The summed E-state index contributed by atoms with van der Waals surface area (Å²) in [4.78, 5) is 5.10. The summed E-state index contributed by atoms with van der Waals surface area (Å²) < 4.78 is 6.15. The van der Waals surface area contributed by atoms with Gasteiger partial charge in [0.2, 0.25) is 0 Å². The normalized spacial score (nSPS) is 17.5. The Hall–Kier alpha value is -1.84. The first-order chi connectivity index (χ1) is 11.2. The second kappa shape index (κ2) is 5.99. The van der Waals surface area contributed by atoms with E-state index in [0.717, 1.165) is 43.9 Å².